The zero-order chi connectivity index (χ0) is 22.4. The van der Waals surface area contributed by atoms with Gasteiger partial charge in [0.1, 0.15) is 5.75 Å². The molecule has 0 aliphatic carbocycles. The number of nitrogens with zero attached hydrogens (tertiary/aromatic N) is 2. The molecule has 4 aromatic rings. The molecule has 5 rings (SSSR count). The Hall–Kier alpha value is -4.26. The highest BCUT2D eigenvalue weighted by atomic mass is 16.5. The summed E-state index contributed by atoms with van der Waals surface area (Å²) in [6, 6.07) is 16.9. The van der Waals surface area contributed by atoms with E-state index in [-0.39, 0.29) is 11.3 Å². The van der Waals surface area contributed by atoms with Crippen LogP contribution in [0.4, 0.5) is 5.69 Å². The van der Waals surface area contributed by atoms with Gasteiger partial charge < -0.3 is 18.8 Å². The fourth-order valence-electron chi connectivity index (χ4n) is 4.29. The fraction of sp³-hybridized carbons (Fsp3) is 0.120. The summed E-state index contributed by atoms with van der Waals surface area (Å²) in [7, 11) is 3.44. The summed E-state index contributed by atoms with van der Waals surface area (Å²) in [5, 5.41) is 11.8. The summed E-state index contributed by atoms with van der Waals surface area (Å²) >= 11 is 0. The van der Waals surface area contributed by atoms with Gasteiger partial charge in [-0.1, -0.05) is 24.3 Å². The lowest BCUT2D eigenvalue weighted by Crippen LogP contribution is -2.31. The van der Waals surface area contributed by atoms with E-state index in [4.69, 9.17) is 9.15 Å². The van der Waals surface area contributed by atoms with Gasteiger partial charge in [-0.15, -0.1) is 0 Å². The summed E-state index contributed by atoms with van der Waals surface area (Å²) in [6.07, 6.45) is 3.26. The molecule has 7 heteroatoms. The second-order valence-electron chi connectivity index (χ2n) is 7.56. The van der Waals surface area contributed by atoms with E-state index in [0.29, 0.717) is 11.4 Å². The number of ether oxygens (including phenoxy) is 1. The van der Waals surface area contributed by atoms with Gasteiger partial charge in [0, 0.05) is 41.5 Å². The van der Waals surface area contributed by atoms with E-state index in [0.717, 1.165) is 16.5 Å². The molecule has 1 aliphatic rings. The maximum Gasteiger partial charge on any atom is 0.294 e. The second-order valence-corrected chi connectivity index (χ2v) is 7.56. The first kappa shape index (κ1) is 19.7. The Morgan fingerprint density at radius 2 is 1.91 bits per heavy atom. The average Bonchev–Trinajstić information content (AvgIpc) is 3.52. The number of benzene rings is 2. The van der Waals surface area contributed by atoms with Crippen molar-refractivity contribution < 1.29 is 23.8 Å². The van der Waals surface area contributed by atoms with E-state index in [1.807, 2.05) is 42.1 Å². The van der Waals surface area contributed by atoms with Crippen LogP contribution >= 0.6 is 0 Å². The Morgan fingerprint density at radius 3 is 2.66 bits per heavy atom. The number of carbonyl (C=O) groups excluding carboxylic acids is 2. The van der Waals surface area contributed by atoms with Crippen molar-refractivity contribution in [2.45, 2.75) is 6.04 Å². The molecule has 0 radical (unpaired) electrons. The number of ketones is 1. The number of anilines is 1. The average molecular weight is 428 g/mol. The van der Waals surface area contributed by atoms with Crippen LogP contribution in [0, 0.1) is 0 Å². The van der Waals surface area contributed by atoms with Crippen molar-refractivity contribution in [1.29, 1.82) is 0 Å². The van der Waals surface area contributed by atoms with Crippen molar-refractivity contribution in [3.63, 3.8) is 0 Å². The van der Waals surface area contributed by atoms with Gasteiger partial charge in [0.05, 0.1) is 25.0 Å². The van der Waals surface area contributed by atoms with Crippen LogP contribution in [0.25, 0.3) is 10.9 Å². The predicted molar refractivity (Wildman–Crippen MR) is 119 cm³/mol. The molecule has 160 valence electrons. The van der Waals surface area contributed by atoms with Crippen molar-refractivity contribution in [2.24, 2.45) is 7.05 Å². The molecular formula is C25H20N2O5. The number of aliphatic hydroxyl groups is 1. The number of rotatable bonds is 5. The SMILES string of the molecule is COc1cccc(N2C(=O)C(O)=C(C(=O)c3ccco3)C2c2cn(C)c3ccccc23)c1. The van der Waals surface area contributed by atoms with Crippen molar-refractivity contribution in [3.8, 4) is 5.75 Å². The minimum atomic E-state index is -0.849. The molecule has 0 bridgehead atoms. The number of Topliss-reactive ketones (excluding diaryl/α,β-unsaturated/α-hetero) is 1. The molecule has 1 N–H and O–H groups in total. The number of amides is 1. The van der Waals surface area contributed by atoms with E-state index in [2.05, 4.69) is 0 Å². The molecule has 1 amide bonds. The van der Waals surface area contributed by atoms with Crippen LogP contribution in [-0.4, -0.2) is 28.5 Å². The number of hydrogen-bond donors (Lipinski definition) is 1. The van der Waals surface area contributed by atoms with Gasteiger partial charge in [-0.25, -0.2) is 0 Å². The summed E-state index contributed by atoms with van der Waals surface area (Å²) in [5.74, 6) is -1.18. The highest BCUT2D eigenvalue weighted by molar-refractivity contribution is 6.20. The van der Waals surface area contributed by atoms with Gasteiger partial charge in [0.25, 0.3) is 5.91 Å². The lowest BCUT2D eigenvalue weighted by Gasteiger charge is -2.26. The number of furan rings is 1. The van der Waals surface area contributed by atoms with Crippen LogP contribution in [-0.2, 0) is 11.8 Å². The van der Waals surface area contributed by atoms with E-state index in [1.165, 1.54) is 24.3 Å². The van der Waals surface area contributed by atoms with Crippen LogP contribution in [0.5, 0.6) is 5.75 Å². The maximum atomic E-state index is 13.4. The highest BCUT2D eigenvalue weighted by Crippen LogP contribution is 2.44. The Labute approximate surface area is 183 Å². The van der Waals surface area contributed by atoms with E-state index in [9.17, 15) is 14.7 Å². The highest BCUT2D eigenvalue weighted by Gasteiger charge is 2.46. The Balaban J connectivity index is 1.76. The minimum absolute atomic E-state index is 0.0240. The van der Waals surface area contributed by atoms with Crippen LogP contribution in [0.1, 0.15) is 22.2 Å². The molecule has 1 aliphatic heterocycles. The standard InChI is InChI=1S/C25H20N2O5/c1-26-14-18(17-9-3-4-10-19(17)26)22-21(23(28)20-11-6-12-32-20)24(29)25(30)27(22)15-7-5-8-16(13-15)31-2/h3-14,22,29H,1-2H3. The molecule has 3 heterocycles. The molecule has 0 fully saturated rings. The van der Waals surface area contributed by atoms with Gasteiger partial charge in [0.2, 0.25) is 5.78 Å². The Morgan fingerprint density at radius 1 is 1.09 bits per heavy atom. The Bertz CT molecular complexity index is 1380. The minimum Gasteiger partial charge on any atom is -0.503 e. The van der Waals surface area contributed by atoms with Gasteiger partial charge in [0.15, 0.2) is 11.5 Å². The maximum absolute atomic E-state index is 13.4. The van der Waals surface area contributed by atoms with Gasteiger partial charge in [-0.3, -0.25) is 14.5 Å². The third kappa shape index (κ3) is 2.90. The van der Waals surface area contributed by atoms with Crippen LogP contribution < -0.4 is 9.64 Å². The monoisotopic (exact) mass is 428 g/mol. The van der Waals surface area contributed by atoms with E-state index < -0.39 is 23.5 Å². The van der Waals surface area contributed by atoms with Crippen molar-refractivity contribution in [3.05, 3.63) is 95.8 Å². The summed E-state index contributed by atoms with van der Waals surface area (Å²) < 4.78 is 12.6. The van der Waals surface area contributed by atoms with Gasteiger partial charge in [-0.05, 0) is 30.3 Å². The fourth-order valence-corrected chi connectivity index (χ4v) is 4.29. The quantitative estimate of drug-likeness (QED) is 0.471. The molecule has 32 heavy (non-hydrogen) atoms. The second kappa shape index (κ2) is 7.46. The largest absolute Gasteiger partial charge is 0.503 e. The molecule has 2 aromatic carbocycles. The van der Waals surface area contributed by atoms with Gasteiger partial charge >= 0.3 is 0 Å². The van der Waals surface area contributed by atoms with Crippen LogP contribution in [0.15, 0.2) is 88.9 Å². The number of aliphatic hydroxyl groups excluding tert-OH is 1. The first-order valence-electron chi connectivity index (χ1n) is 10.0. The van der Waals surface area contributed by atoms with Crippen LogP contribution in [0.3, 0.4) is 0 Å². The lowest BCUT2D eigenvalue weighted by atomic mass is 9.94. The van der Waals surface area contributed by atoms with E-state index >= 15 is 0 Å². The first-order valence-corrected chi connectivity index (χ1v) is 10.0. The topological polar surface area (TPSA) is 84.9 Å². The number of hydrogen-bond acceptors (Lipinski definition) is 5. The molecule has 1 atom stereocenters. The molecule has 0 saturated carbocycles. The summed E-state index contributed by atoms with van der Waals surface area (Å²) in [4.78, 5) is 28.1. The number of aromatic nitrogens is 1. The number of fused-ring (bicyclic) bond motifs is 1. The number of carbonyl (C=O) groups is 2. The number of methoxy groups -OCH3 is 1. The normalized spacial score (nSPS) is 16.2. The third-order valence-corrected chi connectivity index (χ3v) is 5.75. The lowest BCUT2D eigenvalue weighted by molar-refractivity contribution is -0.117. The molecule has 0 saturated heterocycles. The van der Waals surface area contributed by atoms with Crippen molar-refractivity contribution >= 4 is 28.3 Å². The molecule has 1 unspecified atom stereocenters. The van der Waals surface area contributed by atoms with Crippen LogP contribution in [0.2, 0.25) is 0 Å². The number of aryl methyl sites for hydroxylation is 1. The molecule has 7 nitrogen and oxygen atoms in total. The Kier molecular flexibility index (Phi) is 4.59. The van der Waals surface area contributed by atoms with Crippen molar-refractivity contribution in [2.75, 3.05) is 12.0 Å². The van der Waals surface area contributed by atoms with Crippen molar-refractivity contribution in [1.82, 2.24) is 4.57 Å². The zero-order valence-electron chi connectivity index (χ0n) is 17.5. The van der Waals surface area contributed by atoms with E-state index in [1.54, 1.807) is 30.3 Å². The number of para-hydroxylation sites is 1. The van der Waals surface area contributed by atoms with Gasteiger partial charge in [-0.2, -0.15) is 0 Å². The summed E-state index contributed by atoms with van der Waals surface area (Å²) in [6.45, 7) is 0. The first-order chi connectivity index (χ1) is 15.5. The third-order valence-electron chi connectivity index (χ3n) is 5.75. The predicted octanol–water partition coefficient (Wildman–Crippen LogP) is 4.56. The molecule has 2 aromatic heterocycles. The molecule has 0 spiro atoms. The molecular weight excluding hydrogens is 408 g/mol. The summed E-state index contributed by atoms with van der Waals surface area (Å²) in [5.41, 5.74) is 2.14. The zero-order valence-corrected chi connectivity index (χ0v) is 17.5. The smallest absolute Gasteiger partial charge is 0.294 e.